The van der Waals surface area contributed by atoms with E-state index in [4.69, 9.17) is 4.74 Å². The van der Waals surface area contributed by atoms with Crippen LogP contribution in [0.4, 0.5) is 0 Å². The van der Waals surface area contributed by atoms with Crippen molar-refractivity contribution in [2.24, 2.45) is 7.05 Å². The molecule has 7 heteroatoms. The van der Waals surface area contributed by atoms with E-state index in [0.29, 0.717) is 25.2 Å². The standard InChI is InChI=1S/C17H24N4O2.ClH/c1-12-6-5-7-14(10-12)16(22)19-9-8-18-11-15-13(2)20-21(3)17(15)23-4;/h5-7,10,18H,8-9,11H2,1-4H3,(H,19,22);1H. The third kappa shape index (κ3) is 4.97. The minimum absolute atomic E-state index is 0. The van der Waals surface area contributed by atoms with Gasteiger partial charge in [-0.25, -0.2) is 4.68 Å². The molecule has 0 bridgehead atoms. The highest BCUT2D eigenvalue weighted by Crippen LogP contribution is 2.20. The van der Waals surface area contributed by atoms with E-state index >= 15 is 0 Å². The summed E-state index contributed by atoms with van der Waals surface area (Å²) in [5.41, 5.74) is 3.75. The Kier molecular flexibility index (Phi) is 7.74. The van der Waals surface area contributed by atoms with Crippen molar-refractivity contribution in [3.05, 3.63) is 46.6 Å². The highest BCUT2D eigenvalue weighted by Gasteiger charge is 2.13. The Bertz CT molecular complexity index is 685. The van der Waals surface area contributed by atoms with Crippen molar-refractivity contribution in [2.45, 2.75) is 20.4 Å². The van der Waals surface area contributed by atoms with Crippen molar-refractivity contribution in [2.75, 3.05) is 20.2 Å². The first-order valence-corrected chi connectivity index (χ1v) is 7.65. The molecule has 0 aliphatic carbocycles. The summed E-state index contributed by atoms with van der Waals surface area (Å²) in [4.78, 5) is 12.0. The average molecular weight is 353 g/mol. The molecule has 0 unspecified atom stereocenters. The van der Waals surface area contributed by atoms with Crippen LogP contribution >= 0.6 is 12.4 Å². The van der Waals surface area contributed by atoms with Gasteiger partial charge in [0.2, 0.25) is 5.88 Å². The normalized spacial score (nSPS) is 10.2. The number of hydrogen-bond acceptors (Lipinski definition) is 4. The summed E-state index contributed by atoms with van der Waals surface area (Å²) in [6.45, 7) is 5.83. The van der Waals surface area contributed by atoms with Crippen molar-refractivity contribution < 1.29 is 9.53 Å². The number of carbonyl (C=O) groups excluding carboxylic acids is 1. The summed E-state index contributed by atoms with van der Waals surface area (Å²) in [6, 6.07) is 7.56. The number of hydrogen-bond donors (Lipinski definition) is 2. The second-order valence-corrected chi connectivity index (χ2v) is 5.50. The van der Waals surface area contributed by atoms with Crippen LogP contribution in [0.1, 0.15) is 27.2 Å². The van der Waals surface area contributed by atoms with E-state index in [1.165, 1.54) is 0 Å². The summed E-state index contributed by atoms with van der Waals surface area (Å²) in [5, 5.41) is 10.5. The molecule has 0 saturated heterocycles. The Labute approximate surface area is 149 Å². The fourth-order valence-electron chi connectivity index (χ4n) is 2.51. The van der Waals surface area contributed by atoms with Crippen LogP contribution in [0.15, 0.2) is 24.3 Å². The van der Waals surface area contributed by atoms with Crippen LogP contribution < -0.4 is 15.4 Å². The van der Waals surface area contributed by atoms with Crippen LogP contribution in [0.5, 0.6) is 5.88 Å². The third-order valence-electron chi connectivity index (χ3n) is 3.65. The van der Waals surface area contributed by atoms with Gasteiger partial charge in [0.25, 0.3) is 5.91 Å². The number of carbonyl (C=O) groups is 1. The first kappa shape index (κ1) is 20.0. The largest absolute Gasteiger partial charge is 0.481 e. The Morgan fingerprint density at radius 2 is 2.04 bits per heavy atom. The van der Waals surface area contributed by atoms with Gasteiger partial charge in [-0.15, -0.1) is 12.4 Å². The van der Waals surface area contributed by atoms with Gasteiger partial charge in [0, 0.05) is 32.2 Å². The molecular formula is C17H25ClN4O2. The van der Waals surface area contributed by atoms with Gasteiger partial charge < -0.3 is 15.4 Å². The molecule has 132 valence electrons. The van der Waals surface area contributed by atoms with Crippen LogP contribution in [0, 0.1) is 13.8 Å². The van der Waals surface area contributed by atoms with Crippen LogP contribution in [0.3, 0.4) is 0 Å². The topological polar surface area (TPSA) is 68.2 Å². The lowest BCUT2D eigenvalue weighted by molar-refractivity contribution is 0.0954. The molecule has 2 aromatic rings. The van der Waals surface area contributed by atoms with Crippen molar-refractivity contribution in [1.29, 1.82) is 0 Å². The molecule has 0 saturated carbocycles. The zero-order valence-electron chi connectivity index (χ0n) is 14.5. The van der Waals surface area contributed by atoms with E-state index in [-0.39, 0.29) is 18.3 Å². The zero-order chi connectivity index (χ0) is 16.8. The van der Waals surface area contributed by atoms with Gasteiger partial charge in [-0.05, 0) is 26.0 Å². The van der Waals surface area contributed by atoms with Gasteiger partial charge in [0.1, 0.15) is 0 Å². The first-order valence-electron chi connectivity index (χ1n) is 7.65. The number of ether oxygens (including phenoxy) is 1. The van der Waals surface area contributed by atoms with E-state index in [9.17, 15) is 4.79 Å². The van der Waals surface area contributed by atoms with Crippen LogP contribution in [0.2, 0.25) is 0 Å². The van der Waals surface area contributed by atoms with E-state index in [1.807, 2.05) is 45.2 Å². The highest BCUT2D eigenvalue weighted by molar-refractivity contribution is 5.94. The molecule has 0 atom stereocenters. The van der Waals surface area contributed by atoms with Crippen molar-refractivity contribution in [3.8, 4) is 5.88 Å². The fourth-order valence-corrected chi connectivity index (χ4v) is 2.51. The second kappa shape index (κ2) is 9.30. The molecule has 0 aliphatic heterocycles. The van der Waals surface area contributed by atoms with Gasteiger partial charge >= 0.3 is 0 Å². The Hall–Kier alpha value is -2.05. The summed E-state index contributed by atoms with van der Waals surface area (Å²) in [5.74, 6) is 0.712. The van der Waals surface area contributed by atoms with Crippen molar-refractivity contribution in [1.82, 2.24) is 20.4 Å². The van der Waals surface area contributed by atoms with Crippen LogP contribution in [-0.4, -0.2) is 35.9 Å². The summed E-state index contributed by atoms with van der Waals surface area (Å²) in [6.07, 6.45) is 0. The third-order valence-corrected chi connectivity index (χ3v) is 3.65. The van der Waals surface area contributed by atoms with Crippen LogP contribution in [0.25, 0.3) is 0 Å². The average Bonchev–Trinajstić information content (AvgIpc) is 2.80. The first-order chi connectivity index (χ1) is 11.0. The molecule has 2 rings (SSSR count). The smallest absolute Gasteiger partial charge is 0.251 e. The van der Waals surface area contributed by atoms with Gasteiger partial charge in [0.15, 0.2) is 0 Å². The lowest BCUT2D eigenvalue weighted by atomic mass is 10.1. The van der Waals surface area contributed by atoms with Crippen molar-refractivity contribution in [3.63, 3.8) is 0 Å². The number of nitrogens with zero attached hydrogens (tertiary/aromatic N) is 2. The molecule has 0 fully saturated rings. The monoisotopic (exact) mass is 352 g/mol. The van der Waals surface area contributed by atoms with Crippen LogP contribution in [-0.2, 0) is 13.6 Å². The predicted molar refractivity (Wildman–Crippen MR) is 97.0 cm³/mol. The maximum Gasteiger partial charge on any atom is 0.251 e. The molecule has 2 N–H and O–H groups in total. The minimum atomic E-state index is -0.0503. The minimum Gasteiger partial charge on any atom is -0.481 e. The summed E-state index contributed by atoms with van der Waals surface area (Å²) in [7, 11) is 3.50. The van der Waals surface area contributed by atoms with E-state index in [2.05, 4.69) is 15.7 Å². The van der Waals surface area contributed by atoms with Gasteiger partial charge in [-0.1, -0.05) is 17.7 Å². The number of rotatable bonds is 7. The number of aryl methyl sites for hydroxylation is 3. The molecule has 1 aromatic heterocycles. The van der Waals surface area contributed by atoms with E-state index in [0.717, 1.165) is 22.7 Å². The number of halogens is 1. The second-order valence-electron chi connectivity index (χ2n) is 5.50. The quantitative estimate of drug-likeness (QED) is 0.748. The number of aromatic nitrogens is 2. The Morgan fingerprint density at radius 1 is 1.29 bits per heavy atom. The Morgan fingerprint density at radius 3 is 2.71 bits per heavy atom. The molecule has 1 heterocycles. The maximum atomic E-state index is 12.0. The lowest BCUT2D eigenvalue weighted by Crippen LogP contribution is -2.31. The zero-order valence-corrected chi connectivity index (χ0v) is 15.4. The lowest BCUT2D eigenvalue weighted by Gasteiger charge is -2.08. The molecule has 1 amide bonds. The number of benzene rings is 1. The summed E-state index contributed by atoms with van der Waals surface area (Å²) < 4.78 is 7.08. The molecule has 6 nitrogen and oxygen atoms in total. The molecule has 0 spiro atoms. The molecule has 0 radical (unpaired) electrons. The highest BCUT2D eigenvalue weighted by atomic mass is 35.5. The van der Waals surface area contributed by atoms with Gasteiger partial charge in [-0.3, -0.25) is 4.79 Å². The predicted octanol–water partition coefficient (Wildman–Crippen LogP) is 1.99. The van der Waals surface area contributed by atoms with E-state index in [1.54, 1.807) is 11.8 Å². The number of amides is 1. The maximum absolute atomic E-state index is 12.0. The molecule has 24 heavy (non-hydrogen) atoms. The van der Waals surface area contributed by atoms with Gasteiger partial charge in [0.05, 0.1) is 18.4 Å². The van der Waals surface area contributed by atoms with Crippen molar-refractivity contribution >= 4 is 18.3 Å². The molecule has 1 aromatic carbocycles. The number of nitrogens with one attached hydrogen (secondary N) is 2. The van der Waals surface area contributed by atoms with E-state index < -0.39 is 0 Å². The number of methoxy groups -OCH3 is 1. The fraction of sp³-hybridized carbons (Fsp3) is 0.412. The van der Waals surface area contributed by atoms with Gasteiger partial charge in [-0.2, -0.15) is 5.10 Å². The molecule has 0 aliphatic rings. The summed E-state index contributed by atoms with van der Waals surface area (Å²) >= 11 is 0. The Balaban J connectivity index is 0.00000288. The molecular weight excluding hydrogens is 328 g/mol. The SMILES string of the molecule is COc1c(CNCCNC(=O)c2cccc(C)c2)c(C)nn1C.Cl.